The molecule has 0 saturated carbocycles. The van der Waals surface area contributed by atoms with E-state index in [4.69, 9.17) is 10.2 Å². The summed E-state index contributed by atoms with van der Waals surface area (Å²) in [5.74, 6) is 0. The Morgan fingerprint density at radius 1 is 0.750 bits per heavy atom. The average Bonchev–Trinajstić information content (AvgIpc) is 2.27. The Kier molecular flexibility index (Phi) is 12.6. The summed E-state index contributed by atoms with van der Waals surface area (Å²) in [6.45, 7) is 5.16. The zero-order chi connectivity index (χ0) is 12.2. The molecule has 0 fully saturated rings. The minimum Gasteiger partial charge on any atom is -0.396 e. The van der Waals surface area contributed by atoms with Crippen molar-refractivity contribution in [3.63, 3.8) is 0 Å². The van der Waals surface area contributed by atoms with Crippen molar-refractivity contribution in [1.82, 2.24) is 0 Å². The molecule has 98 valence electrons. The molecule has 0 aromatic heterocycles. The van der Waals surface area contributed by atoms with E-state index in [1.54, 1.807) is 0 Å². The fraction of sp³-hybridized carbons (Fsp3) is 1.00. The summed E-state index contributed by atoms with van der Waals surface area (Å²) in [4.78, 5) is 0. The van der Waals surface area contributed by atoms with Crippen molar-refractivity contribution in [2.24, 2.45) is 0 Å². The summed E-state index contributed by atoms with van der Waals surface area (Å²) in [5, 5.41) is 18.7. The van der Waals surface area contributed by atoms with Gasteiger partial charge in [0.1, 0.15) is 0 Å². The van der Waals surface area contributed by atoms with E-state index in [1.165, 1.54) is 12.8 Å². The molecule has 0 heterocycles. The molecule has 0 aliphatic carbocycles. The first kappa shape index (κ1) is 16.6. The van der Waals surface area contributed by atoms with Crippen LogP contribution in [0.25, 0.3) is 0 Å². The van der Waals surface area contributed by atoms with E-state index >= 15 is 0 Å². The van der Waals surface area contributed by atoms with Crippen molar-refractivity contribution in [1.29, 1.82) is 0 Å². The molecule has 2 unspecified atom stereocenters. The van der Waals surface area contributed by atoms with Crippen LogP contribution in [0.2, 0.25) is 0 Å². The summed E-state index contributed by atoms with van der Waals surface area (Å²) >= 11 is 0. The Hall–Kier alpha value is 0.620. The first-order valence-electron chi connectivity index (χ1n) is 6.24. The van der Waals surface area contributed by atoms with Gasteiger partial charge in [-0.05, 0) is 25.7 Å². The maximum atomic E-state index is 8.69. The van der Waals surface area contributed by atoms with E-state index in [9.17, 15) is 0 Å². The lowest BCUT2D eigenvalue weighted by molar-refractivity contribution is 0.283. The first-order chi connectivity index (χ1) is 7.70. The zero-order valence-corrected chi connectivity index (χ0v) is 12.2. The number of unbranched alkanes of at least 4 members (excludes halogenated alkanes) is 2. The average molecular weight is 266 g/mol. The second-order valence-electron chi connectivity index (χ2n) is 4.25. The minimum atomic E-state index is 0.322. The Morgan fingerprint density at radius 3 is 1.44 bits per heavy atom. The van der Waals surface area contributed by atoms with Crippen LogP contribution in [0, 0.1) is 0 Å². The molecule has 0 aliphatic rings. The molecule has 0 amide bonds. The molecule has 0 saturated heterocycles. The molecule has 0 spiro atoms. The third-order valence-electron chi connectivity index (χ3n) is 2.42. The molecule has 0 aromatic rings. The molecule has 0 aliphatic heterocycles. The van der Waals surface area contributed by atoms with Crippen LogP contribution in [0.3, 0.4) is 0 Å². The summed E-state index contributed by atoms with van der Waals surface area (Å²) < 4.78 is 0. The first-order valence-corrected chi connectivity index (χ1v) is 8.52. The van der Waals surface area contributed by atoms with Crippen LogP contribution in [0.15, 0.2) is 0 Å². The summed E-state index contributed by atoms with van der Waals surface area (Å²) in [7, 11) is 3.93. The maximum Gasteiger partial charge on any atom is 0.0431 e. The Bertz CT molecular complexity index is 129. The third-order valence-corrected chi connectivity index (χ3v) is 5.97. The van der Waals surface area contributed by atoms with Gasteiger partial charge in [0.2, 0.25) is 0 Å². The molecule has 16 heavy (non-hydrogen) atoms. The van der Waals surface area contributed by atoms with Crippen LogP contribution in [-0.4, -0.2) is 33.9 Å². The predicted molar refractivity (Wildman–Crippen MR) is 76.0 cm³/mol. The molecule has 0 bridgehead atoms. The largest absolute Gasteiger partial charge is 0.396 e. The van der Waals surface area contributed by atoms with Crippen LogP contribution in [0.4, 0.5) is 0 Å². The lowest BCUT2D eigenvalue weighted by Crippen LogP contribution is -1.99. The van der Waals surface area contributed by atoms with Gasteiger partial charge in [-0.3, -0.25) is 0 Å². The van der Waals surface area contributed by atoms with Crippen LogP contribution in [0.1, 0.15) is 52.4 Å². The molecule has 0 aromatic carbocycles. The fourth-order valence-corrected chi connectivity index (χ4v) is 3.99. The van der Waals surface area contributed by atoms with Gasteiger partial charge >= 0.3 is 0 Å². The molecule has 4 heteroatoms. The van der Waals surface area contributed by atoms with Gasteiger partial charge < -0.3 is 10.2 Å². The number of hydrogen-bond acceptors (Lipinski definition) is 4. The van der Waals surface area contributed by atoms with E-state index in [0.717, 1.165) is 25.7 Å². The topological polar surface area (TPSA) is 40.5 Å². The van der Waals surface area contributed by atoms with Crippen LogP contribution < -0.4 is 0 Å². The molecule has 2 atom stereocenters. The fourth-order valence-electron chi connectivity index (χ4n) is 1.37. The second kappa shape index (κ2) is 12.1. The Morgan fingerprint density at radius 2 is 1.12 bits per heavy atom. The van der Waals surface area contributed by atoms with Gasteiger partial charge in [-0.2, -0.15) is 0 Å². The quantitative estimate of drug-likeness (QED) is 0.444. The van der Waals surface area contributed by atoms with Gasteiger partial charge in [0.15, 0.2) is 0 Å². The van der Waals surface area contributed by atoms with Crippen molar-refractivity contribution in [3.05, 3.63) is 0 Å². The SMILES string of the molecule is CC(CCCCO)SSC(C)CCCCO. The Labute approximate surface area is 108 Å². The number of hydrogen-bond donors (Lipinski definition) is 2. The van der Waals surface area contributed by atoms with Gasteiger partial charge in [-0.25, -0.2) is 0 Å². The van der Waals surface area contributed by atoms with Crippen molar-refractivity contribution >= 4 is 21.6 Å². The summed E-state index contributed by atoms with van der Waals surface area (Å²) in [6.07, 6.45) is 6.51. The molecule has 0 radical (unpaired) electrons. The van der Waals surface area contributed by atoms with Crippen molar-refractivity contribution < 1.29 is 10.2 Å². The Balaban J connectivity index is 3.32. The van der Waals surface area contributed by atoms with Crippen LogP contribution in [-0.2, 0) is 0 Å². The molecular weight excluding hydrogens is 240 g/mol. The van der Waals surface area contributed by atoms with Gasteiger partial charge in [0.25, 0.3) is 0 Å². The van der Waals surface area contributed by atoms with E-state index in [2.05, 4.69) is 13.8 Å². The smallest absolute Gasteiger partial charge is 0.0431 e. The van der Waals surface area contributed by atoms with Crippen molar-refractivity contribution in [3.8, 4) is 0 Å². The molecule has 2 nitrogen and oxygen atoms in total. The van der Waals surface area contributed by atoms with Gasteiger partial charge in [0.05, 0.1) is 0 Å². The highest BCUT2D eigenvalue weighted by Gasteiger charge is 2.07. The molecular formula is C12H26O2S2. The molecule has 0 rings (SSSR count). The highest BCUT2D eigenvalue weighted by molar-refractivity contribution is 8.77. The minimum absolute atomic E-state index is 0.322. The molecule has 2 N–H and O–H groups in total. The highest BCUT2D eigenvalue weighted by Crippen LogP contribution is 2.34. The maximum absolute atomic E-state index is 8.69. The normalized spacial score (nSPS) is 15.0. The number of aliphatic hydroxyl groups is 2. The highest BCUT2D eigenvalue weighted by atomic mass is 33.1. The summed E-state index contributed by atoms with van der Waals surface area (Å²) in [6, 6.07) is 0. The monoisotopic (exact) mass is 266 g/mol. The van der Waals surface area contributed by atoms with Gasteiger partial charge in [-0.15, -0.1) is 0 Å². The second-order valence-corrected chi connectivity index (χ2v) is 7.40. The lowest BCUT2D eigenvalue weighted by Gasteiger charge is -2.14. The number of aliphatic hydroxyl groups excluding tert-OH is 2. The van der Waals surface area contributed by atoms with E-state index in [-0.39, 0.29) is 0 Å². The third kappa shape index (κ3) is 11.1. The predicted octanol–water partition coefficient (Wildman–Crippen LogP) is 3.47. The van der Waals surface area contributed by atoms with Crippen LogP contribution in [0.5, 0.6) is 0 Å². The van der Waals surface area contributed by atoms with Gasteiger partial charge in [-0.1, -0.05) is 48.3 Å². The summed E-state index contributed by atoms with van der Waals surface area (Å²) in [5.41, 5.74) is 0. The number of rotatable bonds is 11. The standard InChI is InChI=1S/C12H26O2S2/c1-11(7-3-5-9-13)15-16-12(2)8-4-6-10-14/h11-14H,3-10H2,1-2H3. The lowest BCUT2D eigenvalue weighted by atomic mass is 10.2. The zero-order valence-electron chi connectivity index (χ0n) is 10.5. The van der Waals surface area contributed by atoms with Crippen LogP contribution >= 0.6 is 21.6 Å². The van der Waals surface area contributed by atoms with E-state index in [1.807, 2.05) is 21.6 Å². The van der Waals surface area contributed by atoms with E-state index in [0.29, 0.717) is 23.7 Å². The van der Waals surface area contributed by atoms with Gasteiger partial charge in [0, 0.05) is 23.7 Å². The van der Waals surface area contributed by atoms with Crippen molar-refractivity contribution in [2.45, 2.75) is 62.9 Å². The van der Waals surface area contributed by atoms with Crippen molar-refractivity contribution in [2.75, 3.05) is 13.2 Å². The van der Waals surface area contributed by atoms with E-state index < -0.39 is 0 Å².